The molecule has 1 unspecified atom stereocenters. The number of nitrogens with zero attached hydrogens (tertiary/aromatic N) is 2. The molecule has 1 heterocycles. The van der Waals surface area contributed by atoms with Crippen molar-refractivity contribution < 1.29 is 4.79 Å². The normalized spacial score (nSPS) is 19.1. The van der Waals surface area contributed by atoms with Gasteiger partial charge in [-0.05, 0) is 55.9 Å². The molecule has 1 aliphatic heterocycles. The first-order valence-corrected chi connectivity index (χ1v) is 10.6. The molecular formula is C26H27N3O. The molecule has 30 heavy (non-hydrogen) atoms. The molecule has 0 saturated carbocycles. The SMILES string of the molecule is CCc1ccccc1N1C(N)=C(C#N)C(c2cc(C)ccc2C)C2=C1CCCC2=O. The number of benzene rings is 2. The number of nitriles is 1. The fourth-order valence-corrected chi connectivity index (χ4v) is 4.77. The van der Waals surface area contributed by atoms with Crippen LogP contribution in [0, 0.1) is 25.2 Å². The van der Waals surface area contributed by atoms with E-state index in [1.165, 1.54) is 0 Å². The van der Waals surface area contributed by atoms with Crippen molar-refractivity contribution in [2.75, 3.05) is 4.90 Å². The Kier molecular flexibility index (Phi) is 5.22. The van der Waals surface area contributed by atoms with E-state index < -0.39 is 5.92 Å². The molecule has 4 rings (SSSR count). The Morgan fingerprint density at radius 2 is 1.93 bits per heavy atom. The Bertz CT molecular complexity index is 1130. The number of anilines is 1. The third kappa shape index (κ3) is 3.11. The van der Waals surface area contributed by atoms with Crippen LogP contribution in [-0.2, 0) is 11.2 Å². The minimum atomic E-state index is -0.400. The number of carbonyl (C=O) groups is 1. The van der Waals surface area contributed by atoms with Gasteiger partial charge >= 0.3 is 0 Å². The summed E-state index contributed by atoms with van der Waals surface area (Å²) >= 11 is 0. The third-order valence-corrected chi connectivity index (χ3v) is 6.27. The number of allylic oxidation sites excluding steroid dienone is 3. The van der Waals surface area contributed by atoms with Crippen LogP contribution < -0.4 is 10.6 Å². The van der Waals surface area contributed by atoms with E-state index in [4.69, 9.17) is 5.73 Å². The summed E-state index contributed by atoms with van der Waals surface area (Å²) in [6.07, 6.45) is 2.94. The highest BCUT2D eigenvalue weighted by molar-refractivity contribution is 6.01. The van der Waals surface area contributed by atoms with E-state index >= 15 is 0 Å². The van der Waals surface area contributed by atoms with Gasteiger partial charge in [0.2, 0.25) is 0 Å². The van der Waals surface area contributed by atoms with Crippen LogP contribution in [0.15, 0.2) is 65.1 Å². The highest BCUT2D eigenvalue weighted by Crippen LogP contribution is 2.47. The zero-order valence-corrected chi connectivity index (χ0v) is 17.8. The molecular weight excluding hydrogens is 370 g/mol. The van der Waals surface area contributed by atoms with Crippen molar-refractivity contribution >= 4 is 11.5 Å². The predicted molar refractivity (Wildman–Crippen MR) is 120 cm³/mol. The molecule has 2 aliphatic rings. The van der Waals surface area contributed by atoms with E-state index in [0.29, 0.717) is 17.8 Å². The van der Waals surface area contributed by atoms with Gasteiger partial charge in [-0.1, -0.05) is 48.9 Å². The Morgan fingerprint density at radius 1 is 1.17 bits per heavy atom. The summed E-state index contributed by atoms with van der Waals surface area (Å²) in [6, 6.07) is 16.7. The van der Waals surface area contributed by atoms with Gasteiger partial charge in [-0.15, -0.1) is 0 Å². The van der Waals surface area contributed by atoms with Crippen molar-refractivity contribution in [2.24, 2.45) is 5.73 Å². The number of ketones is 1. The highest BCUT2D eigenvalue weighted by atomic mass is 16.1. The quantitative estimate of drug-likeness (QED) is 0.776. The van der Waals surface area contributed by atoms with Crippen LogP contribution in [0.2, 0.25) is 0 Å². The lowest BCUT2D eigenvalue weighted by molar-refractivity contribution is -0.116. The topological polar surface area (TPSA) is 70.1 Å². The van der Waals surface area contributed by atoms with E-state index in [-0.39, 0.29) is 5.78 Å². The van der Waals surface area contributed by atoms with Gasteiger partial charge in [-0.3, -0.25) is 9.69 Å². The van der Waals surface area contributed by atoms with E-state index in [1.807, 2.05) is 36.9 Å². The first-order valence-electron chi connectivity index (χ1n) is 10.6. The molecule has 152 valence electrons. The van der Waals surface area contributed by atoms with Crippen molar-refractivity contribution in [3.8, 4) is 6.07 Å². The van der Waals surface area contributed by atoms with Gasteiger partial charge in [0.15, 0.2) is 5.78 Å². The molecule has 2 N–H and O–H groups in total. The van der Waals surface area contributed by atoms with Crippen molar-refractivity contribution in [1.82, 2.24) is 0 Å². The summed E-state index contributed by atoms with van der Waals surface area (Å²) in [6.45, 7) is 6.17. The summed E-state index contributed by atoms with van der Waals surface area (Å²) in [7, 11) is 0. The van der Waals surface area contributed by atoms with Gasteiger partial charge < -0.3 is 5.73 Å². The molecule has 1 aliphatic carbocycles. The lowest BCUT2D eigenvalue weighted by Crippen LogP contribution is -2.39. The Morgan fingerprint density at radius 3 is 2.67 bits per heavy atom. The largest absolute Gasteiger partial charge is 0.384 e. The fourth-order valence-electron chi connectivity index (χ4n) is 4.77. The Labute approximate surface area is 178 Å². The maximum absolute atomic E-state index is 13.3. The first kappa shape index (κ1) is 20.0. The number of aryl methyl sites for hydroxylation is 3. The second-order valence-corrected chi connectivity index (χ2v) is 8.16. The van der Waals surface area contributed by atoms with Gasteiger partial charge in [-0.2, -0.15) is 5.26 Å². The Balaban J connectivity index is 2.02. The van der Waals surface area contributed by atoms with E-state index in [1.54, 1.807) is 0 Å². The zero-order valence-electron chi connectivity index (χ0n) is 17.8. The second-order valence-electron chi connectivity index (χ2n) is 8.16. The van der Waals surface area contributed by atoms with Crippen molar-refractivity contribution in [2.45, 2.75) is 52.4 Å². The molecule has 0 radical (unpaired) electrons. The summed E-state index contributed by atoms with van der Waals surface area (Å²) in [5.41, 5.74) is 14.1. The van der Waals surface area contributed by atoms with E-state index in [2.05, 4.69) is 37.3 Å². The van der Waals surface area contributed by atoms with Crippen LogP contribution in [-0.4, -0.2) is 5.78 Å². The van der Waals surface area contributed by atoms with Crippen molar-refractivity contribution in [1.29, 1.82) is 5.26 Å². The standard InChI is InChI=1S/C26H27N3O/c1-4-18-8-5-6-9-21(18)29-22-10-7-11-23(30)25(22)24(20(15-27)26(29)28)19-14-16(2)12-13-17(19)3/h5-6,8-9,12-14,24H,4,7,10-11,28H2,1-3H3. The molecule has 2 aromatic carbocycles. The number of para-hydroxylation sites is 1. The molecule has 0 amide bonds. The highest BCUT2D eigenvalue weighted by Gasteiger charge is 2.41. The van der Waals surface area contributed by atoms with Gasteiger partial charge in [0.05, 0.1) is 23.2 Å². The van der Waals surface area contributed by atoms with Gasteiger partial charge in [0, 0.05) is 17.7 Å². The van der Waals surface area contributed by atoms with Crippen LogP contribution in [0.25, 0.3) is 0 Å². The number of Topliss-reactive ketones (excluding diaryl/α,β-unsaturated/α-hetero) is 1. The van der Waals surface area contributed by atoms with Crippen molar-refractivity contribution in [3.63, 3.8) is 0 Å². The number of nitrogens with two attached hydrogens (primary N) is 1. The molecule has 0 aromatic heterocycles. The average molecular weight is 398 g/mol. The molecule has 0 saturated heterocycles. The summed E-state index contributed by atoms with van der Waals surface area (Å²) in [5.74, 6) is 0.168. The number of rotatable bonds is 3. The zero-order chi connectivity index (χ0) is 21.4. The molecule has 0 bridgehead atoms. The summed E-state index contributed by atoms with van der Waals surface area (Å²) in [5, 5.41) is 10.2. The molecule has 0 fully saturated rings. The minimum absolute atomic E-state index is 0.126. The molecule has 4 heteroatoms. The van der Waals surface area contributed by atoms with Gasteiger partial charge in [0.1, 0.15) is 5.82 Å². The van der Waals surface area contributed by atoms with Crippen LogP contribution in [0.1, 0.15) is 54.4 Å². The number of hydrogen-bond acceptors (Lipinski definition) is 4. The summed E-state index contributed by atoms with van der Waals surface area (Å²) in [4.78, 5) is 15.2. The van der Waals surface area contributed by atoms with Crippen LogP contribution in [0.3, 0.4) is 0 Å². The third-order valence-electron chi connectivity index (χ3n) is 6.27. The minimum Gasteiger partial charge on any atom is -0.384 e. The van der Waals surface area contributed by atoms with Crippen LogP contribution in [0.4, 0.5) is 5.69 Å². The van der Waals surface area contributed by atoms with Gasteiger partial charge in [0.25, 0.3) is 0 Å². The number of hydrogen-bond donors (Lipinski definition) is 1. The molecule has 0 spiro atoms. The van der Waals surface area contributed by atoms with Crippen molar-refractivity contribution in [3.05, 3.63) is 87.4 Å². The van der Waals surface area contributed by atoms with Crippen LogP contribution >= 0.6 is 0 Å². The monoisotopic (exact) mass is 397 g/mol. The van der Waals surface area contributed by atoms with E-state index in [0.717, 1.165) is 58.5 Å². The summed E-state index contributed by atoms with van der Waals surface area (Å²) < 4.78 is 0. The Hall–Kier alpha value is -3.32. The first-order chi connectivity index (χ1) is 14.5. The maximum atomic E-state index is 13.3. The van der Waals surface area contributed by atoms with E-state index in [9.17, 15) is 10.1 Å². The number of carbonyl (C=O) groups excluding carboxylic acids is 1. The second kappa shape index (κ2) is 7.84. The molecule has 4 nitrogen and oxygen atoms in total. The fraction of sp³-hybridized carbons (Fsp3) is 0.308. The maximum Gasteiger partial charge on any atom is 0.161 e. The lowest BCUT2D eigenvalue weighted by Gasteiger charge is -2.40. The van der Waals surface area contributed by atoms with Gasteiger partial charge in [-0.25, -0.2) is 0 Å². The lowest BCUT2D eigenvalue weighted by atomic mass is 9.74. The predicted octanol–water partition coefficient (Wildman–Crippen LogP) is 5.17. The smallest absolute Gasteiger partial charge is 0.161 e. The molecule has 2 aromatic rings. The molecule has 1 atom stereocenters. The average Bonchev–Trinajstić information content (AvgIpc) is 2.75. The van der Waals surface area contributed by atoms with Crippen LogP contribution in [0.5, 0.6) is 0 Å².